The molecule has 0 aromatic heterocycles. The first-order chi connectivity index (χ1) is 8.43. The molecule has 1 rings (SSSR count). The van der Waals surface area contributed by atoms with Crippen molar-refractivity contribution < 1.29 is 8.42 Å². The summed E-state index contributed by atoms with van der Waals surface area (Å²) in [5, 5.41) is 0. The molecule has 0 N–H and O–H groups in total. The third-order valence-electron chi connectivity index (χ3n) is 3.06. The largest absolute Gasteiger partial charge is 0.243 e. The number of hydrogen-bond donors (Lipinski definition) is 0. The van der Waals surface area contributed by atoms with Gasteiger partial charge in [0.25, 0.3) is 0 Å². The van der Waals surface area contributed by atoms with E-state index in [2.05, 4.69) is 6.92 Å². The maximum Gasteiger partial charge on any atom is 0.243 e. The van der Waals surface area contributed by atoms with E-state index in [0.717, 1.165) is 24.0 Å². The van der Waals surface area contributed by atoms with Gasteiger partial charge in [-0.15, -0.1) is 0 Å². The van der Waals surface area contributed by atoms with Crippen LogP contribution in [-0.2, 0) is 10.0 Å². The Morgan fingerprint density at radius 1 is 1.17 bits per heavy atom. The summed E-state index contributed by atoms with van der Waals surface area (Å²) in [7, 11) is -3.34. The third kappa shape index (κ3) is 3.33. The van der Waals surface area contributed by atoms with E-state index in [0.29, 0.717) is 18.0 Å². The molecular weight excluding hydrogens is 246 g/mol. The van der Waals surface area contributed by atoms with Crippen molar-refractivity contribution in [3.8, 4) is 0 Å². The van der Waals surface area contributed by atoms with Gasteiger partial charge in [0, 0.05) is 13.1 Å². The van der Waals surface area contributed by atoms with Gasteiger partial charge in [-0.25, -0.2) is 8.42 Å². The summed E-state index contributed by atoms with van der Waals surface area (Å²) in [5.74, 6) is 0. The monoisotopic (exact) mass is 269 g/mol. The van der Waals surface area contributed by atoms with Crippen LogP contribution >= 0.6 is 0 Å². The first-order valence-corrected chi connectivity index (χ1v) is 7.94. The molecule has 4 heteroatoms. The van der Waals surface area contributed by atoms with E-state index in [1.54, 1.807) is 10.4 Å². The second-order valence-electron chi connectivity index (χ2n) is 4.62. The molecule has 0 atom stereocenters. The van der Waals surface area contributed by atoms with Crippen molar-refractivity contribution in [2.75, 3.05) is 13.1 Å². The van der Waals surface area contributed by atoms with E-state index < -0.39 is 10.0 Å². The molecule has 1 aromatic rings. The number of sulfonamides is 1. The molecule has 18 heavy (non-hydrogen) atoms. The van der Waals surface area contributed by atoms with Gasteiger partial charge in [-0.1, -0.05) is 38.0 Å². The molecule has 0 bridgehead atoms. The van der Waals surface area contributed by atoms with Crippen LogP contribution in [0, 0.1) is 13.8 Å². The summed E-state index contributed by atoms with van der Waals surface area (Å²) in [6.45, 7) is 8.90. The predicted molar refractivity (Wildman–Crippen MR) is 75.3 cm³/mol. The van der Waals surface area contributed by atoms with E-state index in [9.17, 15) is 8.42 Å². The minimum atomic E-state index is -3.34. The fraction of sp³-hybridized carbons (Fsp3) is 0.571. The zero-order valence-electron chi connectivity index (χ0n) is 11.7. The quantitative estimate of drug-likeness (QED) is 0.795. The molecule has 102 valence electrons. The Labute approximate surface area is 111 Å². The molecule has 0 saturated carbocycles. The lowest BCUT2D eigenvalue weighted by Gasteiger charge is -2.21. The topological polar surface area (TPSA) is 37.4 Å². The highest BCUT2D eigenvalue weighted by molar-refractivity contribution is 7.89. The zero-order valence-corrected chi connectivity index (χ0v) is 12.5. The maximum atomic E-state index is 12.5. The lowest BCUT2D eigenvalue weighted by Crippen LogP contribution is -2.32. The smallest absolute Gasteiger partial charge is 0.207 e. The van der Waals surface area contributed by atoms with Crippen molar-refractivity contribution in [1.29, 1.82) is 0 Å². The lowest BCUT2D eigenvalue weighted by atomic mass is 10.2. The van der Waals surface area contributed by atoms with Crippen LogP contribution in [0.25, 0.3) is 0 Å². The van der Waals surface area contributed by atoms with Crippen LogP contribution in [0.3, 0.4) is 0 Å². The van der Waals surface area contributed by atoms with Crippen LogP contribution in [0.2, 0.25) is 0 Å². The van der Waals surface area contributed by atoms with Crippen LogP contribution in [0.4, 0.5) is 0 Å². The first kappa shape index (κ1) is 15.2. The van der Waals surface area contributed by atoms with Gasteiger partial charge in [-0.3, -0.25) is 0 Å². The summed E-state index contributed by atoms with van der Waals surface area (Å²) < 4.78 is 26.6. The van der Waals surface area contributed by atoms with E-state index in [1.807, 2.05) is 32.9 Å². The highest BCUT2D eigenvalue weighted by Crippen LogP contribution is 2.21. The third-order valence-corrected chi connectivity index (χ3v) is 5.20. The van der Waals surface area contributed by atoms with Gasteiger partial charge in [0.15, 0.2) is 0 Å². The standard InChI is InChI=1S/C14H23NO2S/c1-5-7-10-15(6-2)18(16,17)14-9-8-12(3)11-13(14)4/h8-9,11H,5-7,10H2,1-4H3. The van der Waals surface area contributed by atoms with Crippen molar-refractivity contribution in [3.05, 3.63) is 29.3 Å². The van der Waals surface area contributed by atoms with E-state index in [4.69, 9.17) is 0 Å². The molecule has 0 spiro atoms. The molecule has 0 unspecified atom stereocenters. The second kappa shape index (κ2) is 6.34. The van der Waals surface area contributed by atoms with Gasteiger partial charge in [0.1, 0.15) is 0 Å². The summed E-state index contributed by atoms with van der Waals surface area (Å²) in [4.78, 5) is 0.436. The van der Waals surface area contributed by atoms with Gasteiger partial charge in [0.2, 0.25) is 10.0 Å². The second-order valence-corrected chi connectivity index (χ2v) is 6.53. The van der Waals surface area contributed by atoms with Crippen molar-refractivity contribution in [2.45, 2.75) is 45.4 Å². The molecule has 0 saturated heterocycles. The molecule has 0 fully saturated rings. The van der Waals surface area contributed by atoms with E-state index >= 15 is 0 Å². The molecule has 0 aliphatic carbocycles. The van der Waals surface area contributed by atoms with Crippen LogP contribution in [-0.4, -0.2) is 25.8 Å². The van der Waals surface area contributed by atoms with Crippen molar-refractivity contribution >= 4 is 10.0 Å². The van der Waals surface area contributed by atoms with E-state index in [1.165, 1.54) is 0 Å². The summed E-state index contributed by atoms with van der Waals surface area (Å²) >= 11 is 0. The fourth-order valence-corrected chi connectivity index (χ4v) is 3.70. The molecule has 3 nitrogen and oxygen atoms in total. The normalized spacial score (nSPS) is 12.1. The maximum absolute atomic E-state index is 12.5. The van der Waals surface area contributed by atoms with Gasteiger partial charge in [-0.05, 0) is 31.9 Å². The van der Waals surface area contributed by atoms with Gasteiger partial charge >= 0.3 is 0 Å². The van der Waals surface area contributed by atoms with Crippen LogP contribution < -0.4 is 0 Å². The molecule has 0 amide bonds. The SMILES string of the molecule is CCCCN(CC)S(=O)(=O)c1ccc(C)cc1C. The Hall–Kier alpha value is -0.870. The molecule has 0 aliphatic heterocycles. The Morgan fingerprint density at radius 3 is 2.33 bits per heavy atom. The van der Waals surface area contributed by atoms with Crippen molar-refractivity contribution in [1.82, 2.24) is 4.31 Å². The van der Waals surface area contributed by atoms with Crippen LogP contribution in [0.15, 0.2) is 23.1 Å². The summed E-state index contributed by atoms with van der Waals surface area (Å²) in [6.07, 6.45) is 1.90. The van der Waals surface area contributed by atoms with Crippen molar-refractivity contribution in [2.24, 2.45) is 0 Å². The Kier molecular flexibility index (Phi) is 5.35. The minimum absolute atomic E-state index is 0.436. The summed E-state index contributed by atoms with van der Waals surface area (Å²) in [6, 6.07) is 5.49. The van der Waals surface area contributed by atoms with Gasteiger partial charge in [-0.2, -0.15) is 4.31 Å². The summed E-state index contributed by atoms with van der Waals surface area (Å²) in [5.41, 5.74) is 1.91. The Morgan fingerprint density at radius 2 is 1.83 bits per heavy atom. The highest BCUT2D eigenvalue weighted by atomic mass is 32.2. The molecule has 0 radical (unpaired) electrons. The number of nitrogens with zero attached hydrogens (tertiary/aromatic N) is 1. The number of aryl methyl sites for hydroxylation is 2. The number of benzene rings is 1. The fourth-order valence-electron chi connectivity index (χ4n) is 2.01. The van der Waals surface area contributed by atoms with E-state index in [-0.39, 0.29) is 0 Å². The number of hydrogen-bond acceptors (Lipinski definition) is 2. The number of rotatable bonds is 6. The first-order valence-electron chi connectivity index (χ1n) is 6.50. The average molecular weight is 269 g/mol. The van der Waals surface area contributed by atoms with Crippen LogP contribution in [0.1, 0.15) is 37.8 Å². The zero-order chi connectivity index (χ0) is 13.8. The predicted octanol–water partition coefficient (Wildman–Crippen LogP) is 3.11. The Bertz CT molecular complexity index is 495. The number of unbranched alkanes of at least 4 members (excludes halogenated alkanes) is 1. The molecular formula is C14H23NO2S. The van der Waals surface area contributed by atoms with Gasteiger partial charge < -0.3 is 0 Å². The van der Waals surface area contributed by atoms with Gasteiger partial charge in [0.05, 0.1) is 4.90 Å². The molecule has 0 heterocycles. The minimum Gasteiger partial charge on any atom is -0.207 e. The highest BCUT2D eigenvalue weighted by Gasteiger charge is 2.23. The van der Waals surface area contributed by atoms with Crippen LogP contribution in [0.5, 0.6) is 0 Å². The average Bonchev–Trinajstić information content (AvgIpc) is 2.29. The molecule has 0 aliphatic rings. The lowest BCUT2D eigenvalue weighted by molar-refractivity contribution is 0.418. The van der Waals surface area contributed by atoms with Crippen molar-refractivity contribution in [3.63, 3.8) is 0 Å². The Balaban J connectivity index is 3.10. The molecule has 1 aromatic carbocycles.